The molecule has 10 nitrogen and oxygen atoms in total. The summed E-state index contributed by atoms with van der Waals surface area (Å²) in [7, 11) is 1.00. The molecule has 1 aliphatic heterocycles. The predicted molar refractivity (Wildman–Crippen MR) is 139 cm³/mol. The second-order valence-corrected chi connectivity index (χ2v) is 8.26. The lowest BCUT2D eigenvalue weighted by molar-refractivity contribution is 0.282. The Hall–Kier alpha value is -4.22. The fourth-order valence-corrected chi connectivity index (χ4v) is 3.87. The van der Waals surface area contributed by atoms with Crippen molar-refractivity contribution in [3.05, 3.63) is 89.8 Å². The lowest BCUT2D eigenvalue weighted by Gasteiger charge is -2.34. The molecule has 11 heteroatoms. The van der Waals surface area contributed by atoms with E-state index >= 15 is 0 Å². The van der Waals surface area contributed by atoms with Gasteiger partial charge in [-0.3, -0.25) is 0 Å². The van der Waals surface area contributed by atoms with Gasteiger partial charge in [-0.2, -0.15) is 4.98 Å². The van der Waals surface area contributed by atoms with Crippen molar-refractivity contribution in [1.82, 2.24) is 24.9 Å². The van der Waals surface area contributed by atoms with Gasteiger partial charge in [0.1, 0.15) is 12.1 Å². The van der Waals surface area contributed by atoms with Gasteiger partial charge in [-0.15, -0.1) is 0 Å². The SMILES string of the molecule is CO.OCc1ccc(Nc2ncnc(N3CCN(c4ncc(Cc5ccc(F)cc5)cn4)CC3)n2)cc1. The van der Waals surface area contributed by atoms with Gasteiger partial charge in [0.25, 0.3) is 0 Å². The molecular weight excluding hydrogens is 475 g/mol. The van der Waals surface area contributed by atoms with Crippen LogP contribution in [0, 0.1) is 5.82 Å². The summed E-state index contributed by atoms with van der Waals surface area (Å²) in [5.41, 5.74) is 3.68. The summed E-state index contributed by atoms with van der Waals surface area (Å²) in [5, 5.41) is 19.4. The van der Waals surface area contributed by atoms with Crippen LogP contribution in [0.3, 0.4) is 0 Å². The quantitative estimate of drug-likeness (QED) is 0.346. The third kappa shape index (κ3) is 6.93. The fraction of sp³-hybridized carbons (Fsp3) is 0.269. The van der Waals surface area contributed by atoms with Gasteiger partial charge < -0.3 is 25.3 Å². The van der Waals surface area contributed by atoms with Crippen LogP contribution in [0.1, 0.15) is 16.7 Å². The summed E-state index contributed by atoms with van der Waals surface area (Å²) in [5.74, 6) is 1.54. The number of hydrogen-bond donors (Lipinski definition) is 3. The van der Waals surface area contributed by atoms with Crippen LogP contribution in [0.2, 0.25) is 0 Å². The van der Waals surface area contributed by atoms with Crippen LogP contribution in [0.5, 0.6) is 0 Å². The van der Waals surface area contributed by atoms with Crippen LogP contribution < -0.4 is 15.1 Å². The molecule has 1 saturated heterocycles. The molecule has 192 valence electrons. The van der Waals surface area contributed by atoms with E-state index in [0.29, 0.717) is 24.3 Å². The van der Waals surface area contributed by atoms with Gasteiger partial charge in [-0.1, -0.05) is 24.3 Å². The Bertz CT molecular complexity index is 1250. The van der Waals surface area contributed by atoms with Crippen molar-refractivity contribution in [2.24, 2.45) is 0 Å². The van der Waals surface area contributed by atoms with Crippen LogP contribution in [0.25, 0.3) is 0 Å². The van der Waals surface area contributed by atoms with E-state index in [4.69, 9.17) is 5.11 Å². The summed E-state index contributed by atoms with van der Waals surface area (Å²) in [6, 6.07) is 13.9. The molecule has 0 saturated carbocycles. The maximum absolute atomic E-state index is 13.1. The minimum Gasteiger partial charge on any atom is -0.400 e. The molecule has 2 aromatic carbocycles. The number of aliphatic hydroxyl groups excluding tert-OH is 2. The lowest BCUT2D eigenvalue weighted by atomic mass is 10.1. The highest BCUT2D eigenvalue weighted by Gasteiger charge is 2.21. The summed E-state index contributed by atoms with van der Waals surface area (Å²) >= 11 is 0. The number of aliphatic hydroxyl groups is 2. The first-order valence-corrected chi connectivity index (χ1v) is 11.8. The topological polar surface area (TPSA) is 123 Å². The predicted octanol–water partition coefficient (Wildman–Crippen LogP) is 2.56. The molecule has 0 amide bonds. The van der Waals surface area contributed by atoms with E-state index in [9.17, 15) is 9.50 Å². The molecule has 4 aromatic rings. The van der Waals surface area contributed by atoms with E-state index < -0.39 is 0 Å². The maximum atomic E-state index is 13.1. The highest BCUT2D eigenvalue weighted by Crippen LogP contribution is 2.18. The average molecular weight is 505 g/mol. The van der Waals surface area contributed by atoms with Crippen molar-refractivity contribution in [1.29, 1.82) is 0 Å². The monoisotopic (exact) mass is 504 g/mol. The summed E-state index contributed by atoms with van der Waals surface area (Å²) in [6.45, 7) is 2.96. The Kier molecular flexibility index (Phi) is 8.84. The third-order valence-electron chi connectivity index (χ3n) is 5.81. The lowest BCUT2D eigenvalue weighted by Crippen LogP contribution is -2.47. The molecule has 1 fully saturated rings. The fourth-order valence-electron chi connectivity index (χ4n) is 3.87. The Morgan fingerprint density at radius 3 is 1.97 bits per heavy atom. The number of rotatable bonds is 7. The molecule has 0 spiro atoms. The molecule has 5 rings (SSSR count). The van der Waals surface area contributed by atoms with Crippen LogP contribution in [-0.4, -0.2) is 68.4 Å². The second kappa shape index (κ2) is 12.7. The summed E-state index contributed by atoms with van der Waals surface area (Å²) in [6.07, 6.45) is 5.82. The first-order chi connectivity index (χ1) is 18.2. The standard InChI is InChI=1S/C25H25FN8O.CH4O/c26-21-5-1-18(2-6-21)13-20-14-27-24(28-15-20)33-9-11-34(12-10-33)25-30-17-29-23(32-25)31-22-7-3-19(16-35)4-8-22;1-2/h1-8,14-15,17,35H,9-13,16H2,(H,29,30,31,32);2H,1H3. The second-order valence-electron chi connectivity index (χ2n) is 8.26. The molecule has 0 unspecified atom stereocenters. The van der Waals surface area contributed by atoms with E-state index in [1.165, 1.54) is 18.5 Å². The number of halogens is 1. The molecule has 3 heterocycles. The number of benzene rings is 2. The minimum absolute atomic E-state index is 0.00728. The molecule has 0 bridgehead atoms. The van der Waals surface area contributed by atoms with E-state index in [1.54, 1.807) is 12.1 Å². The van der Waals surface area contributed by atoms with Crippen molar-refractivity contribution < 1.29 is 14.6 Å². The van der Waals surface area contributed by atoms with Crippen LogP contribution in [0.15, 0.2) is 67.3 Å². The van der Waals surface area contributed by atoms with Crippen LogP contribution >= 0.6 is 0 Å². The maximum Gasteiger partial charge on any atom is 0.231 e. The zero-order valence-electron chi connectivity index (χ0n) is 20.5. The van der Waals surface area contributed by atoms with Gasteiger partial charge in [0.15, 0.2) is 0 Å². The molecule has 0 radical (unpaired) electrons. The van der Waals surface area contributed by atoms with Gasteiger partial charge in [0, 0.05) is 57.8 Å². The van der Waals surface area contributed by atoms with Gasteiger partial charge in [-0.05, 0) is 41.0 Å². The smallest absolute Gasteiger partial charge is 0.231 e. The molecular formula is C26H29FN8O2. The number of nitrogens with one attached hydrogen (secondary N) is 1. The van der Waals surface area contributed by atoms with Crippen molar-refractivity contribution in [2.75, 3.05) is 48.4 Å². The van der Waals surface area contributed by atoms with E-state index in [2.05, 4.69) is 40.0 Å². The van der Waals surface area contributed by atoms with E-state index in [0.717, 1.165) is 55.7 Å². The van der Waals surface area contributed by atoms with E-state index in [-0.39, 0.29) is 12.4 Å². The van der Waals surface area contributed by atoms with Gasteiger partial charge in [-0.25, -0.2) is 24.3 Å². The molecule has 0 aliphatic carbocycles. The molecule has 1 aliphatic rings. The zero-order chi connectivity index (χ0) is 26.0. The van der Waals surface area contributed by atoms with Crippen LogP contribution in [-0.2, 0) is 13.0 Å². The number of nitrogens with zero attached hydrogens (tertiary/aromatic N) is 7. The molecule has 2 aromatic heterocycles. The van der Waals surface area contributed by atoms with Gasteiger partial charge in [0.05, 0.1) is 6.61 Å². The van der Waals surface area contributed by atoms with E-state index in [1.807, 2.05) is 36.7 Å². The summed E-state index contributed by atoms with van der Waals surface area (Å²) in [4.78, 5) is 26.5. The van der Waals surface area contributed by atoms with Crippen molar-refractivity contribution in [3.8, 4) is 0 Å². The minimum atomic E-state index is -0.238. The first-order valence-electron chi connectivity index (χ1n) is 11.8. The summed E-state index contributed by atoms with van der Waals surface area (Å²) < 4.78 is 13.1. The largest absolute Gasteiger partial charge is 0.400 e. The highest BCUT2D eigenvalue weighted by atomic mass is 19.1. The van der Waals surface area contributed by atoms with Crippen molar-refractivity contribution >= 4 is 23.5 Å². The van der Waals surface area contributed by atoms with Gasteiger partial charge >= 0.3 is 0 Å². The number of aromatic nitrogens is 5. The Morgan fingerprint density at radius 1 is 0.757 bits per heavy atom. The Morgan fingerprint density at radius 2 is 1.35 bits per heavy atom. The van der Waals surface area contributed by atoms with Gasteiger partial charge in [0.2, 0.25) is 17.8 Å². The highest BCUT2D eigenvalue weighted by molar-refractivity contribution is 5.54. The number of anilines is 4. The third-order valence-corrected chi connectivity index (χ3v) is 5.81. The van der Waals surface area contributed by atoms with Crippen molar-refractivity contribution in [3.63, 3.8) is 0 Å². The normalized spacial score (nSPS) is 13.1. The molecule has 37 heavy (non-hydrogen) atoms. The molecule has 3 N–H and O–H groups in total. The average Bonchev–Trinajstić information content (AvgIpc) is 2.96. The van der Waals surface area contributed by atoms with Crippen LogP contribution in [0.4, 0.5) is 27.9 Å². The Labute approximate surface area is 214 Å². The molecule has 0 atom stereocenters. The first kappa shape index (κ1) is 25.9. The zero-order valence-corrected chi connectivity index (χ0v) is 20.5. The number of hydrogen-bond acceptors (Lipinski definition) is 10. The Balaban J connectivity index is 0.00000156. The van der Waals surface area contributed by atoms with Crippen molar-refractivity contribution in [2.45, 2.75) is 13.0 Å². The number of piperazine rings is 1.